The lowest BCUT2D eigenvalue weighted by Gasteiger charge is -2.34. The van der Waals surface area contributed by atoms with E-state index >= 15 is 0 Å². The molecule has 118 valence electrons. The molecular weight excluding hydrogens is 285 g/mol. The highest BCUT2D eigenvalue weighted by Crippen LogP contribution is 2.17. The Morgan fingerprint density at radius 1 is 1.36 bits per heavy atom. The van der Waals surface area contributed by atoms with Crippen LogP contribution in [0.3, 0.4) is 0 Å². The van der Waals surface area contributed by atoms with Gasteiger partial charge in [0, 0.05) is 32.0 Å². The number of hydrogen-bond donors (Lipinski definition) is 1. The number of aliphatic hydroxyl groups excluding tert-OH is 1. The monoisotopic (exact) mass is 305 g/mol. The molecule has 0 saturated carbocycles. The molecule has 0 aliphatic carbocycles. The molecule has 2 aromatic rings. The van der Waals surface area contributed by atoms with E-state index < -0.39 is 6.10 Å². The molecule has 3 rings (SSSR count). The van der Waals surface area contributed by atoms with Gasteiger partial charge in [0.15, 0.2) is 0 Å². The van der Waals surface area contributed by atoms with E-state index in [0.717, 1.165) is 18.7 Å². The summed E-state index contributed by atoms with van der Waals surface area (Å²) >= 11 is 0. The summed E-state index contributed by atoms with van der Waals surface area (Å²) in [7, 11) is 0. The van der Waals surface area contributed by atoms with Crippen molar-refractivity contribution in [2.45, 2.75) is 18.8 Å². The minimum atomic E-state index is -0.621. The minimum absolute atomic E-state index is 0.0640. The number of β-amino-alcohol motifs (C(OH)–C–C–N with tert-alkyl or cyclic N) is 1. The number of ether oxygens (including phenoxy) is 1. The van der Waals surface area contributed by atoms with Gasteiger partial charge >= 0.3 is 0 Å². The van der Waals surface area contributed by atoms with Crippen LogP contribution in [-0.4, -0.2) is 52.1 Å². The lowest BCUT2D eigenvalue weighted by atomic mass is 10.1. The second-order valence-electron chi connectivity index (χ2n) is 5.55. The van der Waals surface area contributed by atoms with E-state index in [-0.39, 0.29) is 11.9 Å². The topological polar surface area (TPSA) is 50.5 Å². The number of morpholine rings is 1. The molecule has 6 heteroatoms. The number of aliphatic hydroxyl groups is 1. The second kappa shape index (κ2) is 7.00. The van der Waals surface area contributed by atoms with E-state index in [9.17, 15) is 9.50 Å². The van der Waals surface area contributed by atoms with E-state index in [4.69, 9.17) is 4.74 Å². The van der Waals surface area contributed by atoms with Gasteiger partial charge in [-0.2, -0.15) is 5.10 Å². The van der Waals surface area contributed by atoms with Crippen molar-refractivity contribution in [3.8, 4) is 0 Å². The molecule has 2 heterocycles. The van der Waals surface area contributed by atoms with E-state index in [1.165, 1.54) is 12.1 Å². The molecule has 0 bridgehead atoms. The number of benzene rings is 1. The molecule has 2 atom stereocenters. The van der Waals surface area contributed by atoms with Crippen molar-refractivity contribution in [1.82, 2.24) is 14.7 Å². The predicted molar refractivity (Wildman–Crippen MR) is 79.8 cm³/mol. The van der Waals surface area contributed by atoms with E-state index in [0.29, 0.717) is 19.7 Å². The van der Waals surface area contributed by atoms with Crippen molar-refractivity contribution in [3.05, 3.63) is 54.1 Å². The smallest absolute Gasteiger partial charge is 0.123 e. The van der Waals surface area contributed by atoms with Crippen LogP contribution in [0.5, 0.6) is 0 Å². The lowest BCUT2D eigenvalue weighted by molar-refractivity contribution is -0.0486. The molecule has 0 spiro atoms. The van der Waals surface area contributed by atoms with Crippen molar-refractivity contribution in [1.29, 1.82) is 0 Å². The molecule has 22 heavy (non-hydrogen) atoms. The Labute approximate surface area is 128 Å². The Hall–Kier alpha value is -1.76. The Morgan fingerprint density at radius 2 is 2.18 bits per heavy atom. The van der Waals surface area contributed by atoms with Crippen LogP contribution >= 0.6 is 0 Å². The summed E-state index contributed by atoms with van der Waals surface area (Å²) in [5, 5.41) is 14.5. The molecule has 0 amide bonds. The Morgan fingerprint density at radius 3 is 2.91 bits per heavy atom. The van der Waals surface area contributed by atoms with E-state index in [2.05, 4.69) is 10.00 Å². The van der Waals surface area contributed by atoms with Gasteiger partial charge in [-0.1, -0.05) is 12.1 Å². The normalized spacial score (nSPS) is 20.9. The largest absolute Gasteiger partial charge is 0.387 e. The third-order valence-electron chi connectivity index (χ3n) is 3.86. The van der Waals surface area contributed by atoms with Gasteiger partial charge in [-0.25, -0.2) is 4.39 Å². The van der Waals surface area contributed by atoms with Crippen LogP contribution in [0.4, 0.5) is 4.39 Å². The molecule has 1 aromatic carbocycles. The van der Waals surface area contributed by atoms with Crippen LogP contribution in [0, 0.1) is 5.82 Å². The third-order valence-corrected chi connectivity index (χ3v) is 3.86. The highest BCUT2D eigenvalue weighted by molar-refractivity contribution is 5.18. The molecule has 0 radical (unpaired) electrons. The fourth-order valence-corrected chi connectivity index (χ4v) is 2.71. The Balaban J connectivity index is 1.54. The van der Waals surface area contributed by atoms with Gasteiger partial charge in [0.25, 0.3) is 0 Å². The molecular formula is C16H20FN3O2. The van der Waals surface area contributed by atoms with Gasteiger partial charge in [0.05, 0.1) is 25.4 Å². The first kappa shape index (κ1) is 15.1. The average Bonchev–Trinajstić information content (AvgIpc) is 3.01. The van der Waals surface area contributed by atoms with Crippen LogP contribution in [-0.2, 0) is 11.3 Å². The molecule has 1 N–H and O–H groups in total. The maximum absolute atomic E-state index is 12.9. The van der Waals surface area contributed by atoms with Crippen LogP contribution in [0.15, 0.2) is 42.7 Å². The van der Waals surface area contributed by atoms with Crippen LogP contribution in [0.25, 0.3) is 0 Å². The highest BCUT2D eigenvalue weighted by atomic mass is 19.1. The predicted octanol–water partition coefficient (Wildman–Crippen LogP) is 1.46. The SMILES string of the molecule is O[C@@H](CN1CCO[C@H](Cn2cccn2)C1)c1ccc(F)cc1. The number of rotatable bonds is 5. The number of nitrogens with zero attached hydrogens (tertiary/aromatic N) is 3. The second-order valence-corrected chi connectivity index (χ2v) is 5.55. The van der Waals surface area contributed by atoms with Gasteiger partial charge in [-0.3, -0.25) is 9.58 Å². The summed E-state index contributed by atoms with van der Waals surface area (Å²) in [6.45, 7) is 3.40. The average molecular weight is 305 g/mol. The zero-order valence-electron chi connectivity index (χ0n) is 12.3. The maximum Gasteiger partial charge on any atom is 0.123 e. The fraction of sp³-hybridized carbons (Fsp3) is 0.438. The molecule has 1 aliphatic heterocycles. The van der Waals surface area contributed by atoms with Crippen molar-refractivity contribution in [3.63, 3.8) is 0 Å². The Kier molecular flexibility index (Phi) is 4.82. The van der Waals surface area contributed by atoms with E-state index in [1.807, 2.05) is 16.9 Å². The third kappa shape index (κ3) is 3.91. The van der Waals surface area contributed by atoms with Crippen LogP contribution < -0.4 is 0 Å². The molecule has 5 nitrogen and oxygen atoms in total. The summed E-state index contributed by atoms with van der Waals surface area (Å²) in [5.74, 6) is -0.290. The summed E-state index contributed by atoms with van der Waals surface area (Å²) in [5.41, 5.74) is 0.733. The standard InChI is InChI=1S/C16H20FN3O2/c17-14-4-2-13(3-5-14)16(21)12-19-8-9-22-15(10-19)11-20-7-1-6-18-20/h1-7,15-16,21H,8-12H2/t15-,16-/m0/s1. The minimum Gasteiger partial charge on any atom is -0.387 e. The quantitative estimate of drug-likeness (QED) is 0.908. The molecule has 1 fully saturated rings. The van der Waals surface area contributed by atoms with Gasteiger partial charge in [-0.15, -0.1) is 0 Å². The summed E-state index contributed by atoms with van der Waals surface area (Å²) in [6, 6.07) is 7.89. The molecule has 1 aliphatic rings. The van der Waals surface area contributed by atoms with Crippen LogP contribution in [0.1, 0.15) is 11.7 Å². The number of halogens is 1. The first-order valence-electron chi connectivity index (χ1n) is 7.45. The van der Waals surface area contributed by atoms with E-state index in [1.54, 1.807) is 18.3 Å². The van der Waals surface area contributed by atoms with Gasteiger partial charge in [-0.05, 0) is 23.8 Å². The zero-order valence-corrected chi connectivity index (χ0v) is 12.3. The van der Waals surface area contributed by atoms with Gasteiger partial charge in [0.1, 0.15) is 5.82 Å². The summed E-state index contributed by atoms with van der Waals surface area (Å²) < 4.78 is 20.5. The van der Waals surface area contributed by atoms with Crippen molar-refractivity contribution < 1.29 is 14.2 Å². The van der Waals surface area contributed by atoms with Crippen LogP contribution in [0.2, 0.25) is 0 Å². The summed E-state index contributed by atoms with van der Waals surface area (Å²) in [6.07, 6.45) is 3.10. The van der Waals surface area contributed by atoms with Gasteiger partial charge in [0.2, 0.25) is 0 Å². The maximum atomic E-state index is 12.9. The lowest BCUT2D eigenvalue weighted by Crippen LogP contribution is -2.45. The van der Waals surface area contributed by atoms with Crippen molar-refractivity contribution in [2.24, 2.45) is 0 Å². The van der Waals surface area contributed by atoms with Gasteiger partial charge < -0.3 is 9.84 Å². The zero-order chi connectivity index (χ0) is 15.4. The number of hydrogen-bond acceptors (Lipinski definition) is 4. The Bertz CT molecular complexity index is 574. The highest BCUT2D eigenvalue weighted by Gasteiger charge is 2.23. The molecule has 1 aromatic heterocycles. The molecule has 1 saturated heterocycles. The first-order chi connectivity index (χ1) is 10.7. The first-order valence-corrected chi connectivity index (χ1v) is 7.45. The molecule has 0 unspecified atom stereocenters. The summed E-state index contributed by atoms with van der Waals surface area (Å²) in [4.78, 5) is 2.17. The van der Waals surface area contributed by atoms with Crippen molar-refractivity contribution >= 4 is 0 Å². The number of aromatic nitrogens is 2. The van der Waals surface area contributed by atoms with Crippen molar-refractivity contribution in [2.75, 3.05) is 26.2 Å². The fourth-order valence-electron chi connectivity index (χ4n) is 2.71.